The molecule has 0 amide bonds. The van der Waals surface area contributed by atoms with Crippen LogP contribution in [-0.2, 0) is 22.7 Å². The number of fused-ring (bicyclic) bond motifs is 4. The van der Waals surface area contributed by atoms with Gasteiger partial charge in [-0.15, -0.1) is 0 Å². The summed E-state index contributed by atoms with van der Waals surface area (Å²) in [6, 6.07) is 6.59. The summed E-state index contributed by atoms with van der Waals surface area (Å²) in [6.07, 6.45) is 3.65. The van der Waals surface area contributed by atoms with Crippen molar-refractivity contribution >= 4 is 0 Å². The minimum Gasteiger partial charge on any atom is -0.388 e. The normalized spacial score (nSPS) is 30.1. The van der Waals surface area contributed by atoms with E-state index in [2.05, 4.69) is 34.6 Å². The number of benzene rings is 1. The number of rotatable bonds is 3. The molecule has 1 aliphatic heterocycles. The van der Waals surface area contributed by atoms with Crippen molar-refractivity contribution in [2.24, 2.45) is 11.3 Å². The molecule has 2 heterocycles. The van der Waals surface area contributed by atoms with Gasteiger partial charge in [-0.2, -0.15) is 0 Å². The summed E-state index contributed by atoms with van der Waals surface area (Å²) in [5.41, 5.74) is 5.62. The Morgan fingerprint density at radius 2 is 1.82 bits per heavy atom. The highest BCUT2D eigenvalue weighted by Gasteiger charge is 2.55. The quantitative estimate of drug-likeness (QED) is 0.507. The van der Waals surface area contributed by atoms with Crippen LogP contribution in [0.4, 0.5) is 8.78 Å². The number of aromatic nitrogens is 1. The van der Waals surface area contributed by atoms with Crippen molar-refractivity contribution in [3.05, 3.63) is 63.5 Å². The summed E-state index contributed by atoms with van der Waals surface area (Å²) in [5, 5.41) is 11.4. The highest BCUT2D eigenvalue weighted by Crippen LogP contribution is 2.61. The number of aliphatic hydroxyl groups is 1. The maximum atomic E-state index is 13.9. The largest absolute Gasteiger partial charge is 0.388 e. The van der Waals surface area contributed by atoms with Crippen molar-refractivity contribution in [3.8, 4) is 0 Å². The molecule has 3 aliphatic rings. The van der Waals surface area contributed by atoms with Crippen LogP contribution in [0.3, 0.4) is 0 Å². The summed E-state index contributed by atoms with van der Waals surface area (Å²) >= 11 is 0. The first-order chi connectivity index (χ1) is 15.8. The first-order valence-corrected chi connectivity index (χ1v) is 12.8. The number of hydrogen-bond donors (Lipinski definition) is 1. The molecule has 5 heteroatoms. The molecule has 1 fully saturated rings. The number of pyridine rings is 1. The van der Waals surface area contributed by atoms with Crippen LogP contribution in [0.2, 0.25) is 0 Å². The van der Waals surface area contributed by atoms with Crippen LogP contribution in [0.1, 0.15) is 125 Å². The van der Waals surface area contributed by atoms with Crippen LogP contribution in [0.5, 0.6) is 0 Å². The fraction of sp³-hybridized carbons (Fsp3) is 0.621. The van der Waals surface area contributed by atoms with Crippen molar-refractivity contribution in [1.82, 2.24) is 4.98 Å². The van der Waals surface area contributed by atoms with Gasteiger partial charge in [-0.3, -0.25) is 4.98 Å². The second-order valence-corrected chi connectivity index (χ2v) is 12.1. The number of ether oxygens (including phenoxy) is 1. The molecule has 0 bridgehead atoms. The van der Waals surface area contributed by atoms with E-state index in [0.29, 0.717) is 12.3 Å². The Bertz CT molecular complexity index is 1100. The van der Waals surface area contributed by atoms with E-state index in [0.717, 1.165) is 66.2 Å². The number of nitrogens with zero attached hydrogens (tertiary/aromatic N) is 1. The van der Waals surface area contributed by atoms with Gasteiger partial charge in [-0.25, -0.2) is 8.78 Å². The standard InChI is InChI=1S/C29H37F2NO2/c1-16(2)25-23-24(22-20(32-25)14-27(4,5)15-21(22)33)29(13-7-8-17(29)3)34-26(23)18-9-11-19(12-10-18)28(6,30)31/h9-12,16-17,21,26,33H,7-8,13-15H2,1-6H3. The molecule has 3 nitrogen and oxygen atoms in total. The second kappa shape index (κ2) is 7.83. The highest BCUT2D eigenvalue weighted by molar-refractivity contribution is 5.55. The van der Waals surface area contributed by atoms with Gasteiger partial charge in [0.2, 0.25) is 0 Å². The van der Waals surface area contributed by atoms with E-state index in [1.54, 1.807) is 12.1 Å². The lowest BCUT2D eigenvalue weighted by molar-refractivity contribution is -0.0842. The maximum absolute atomic E-state index is 13.9. The first kappa shape index (κ1) is 23.9. The predicted molar refractivity (Wildman–Crippen MR) is 129 cm³/mol. The fourth-order valence-corrected chi connectivity index (χ4v) is 6.70. The van der Waals surface area contributed by atoms with Gasteiger partial charge in [-0.05, 0) is 60.5 Å². The third kappa shape index (κ3) is 3.62. The van der Waals surface area contributed by atoms with Crippen LogP contribution < -0.4 is 0 Å². The Hall–Kier alpha value is -1.85. The summed E-state index contributed by atoms with van der Waals surface area (Å²) in [4.78, 5) is 5.18. The maximum Gasteiger partial charge on any atom is 0.270 e. The average Bonchev–Trinajstić information content (AvgIpc) is 3.27. The smallest absolute Gasteiger partial charge is 0.270 e. The number of hydrogen-bond acceptors (Lipinski definition) is 3. The Morgan fingerprint density at radius 1 is 1.15 bits per heavy atom. The third-order valence-corrected chi connectivity index (χ3v) is 8.37. The molecule has 1 spiro atoms. The average molecular weight is 470 g/mol. The Morgan fingerprint density at radius 3 is 2.38 bits per heavy atom. The predicted octanol–water partition coefficient (Wildman–Crippen LogP) is 7.46. The summed E-state index contributed by atoms with van der Waals surface area (Å²) in [7, 11) is 0. The molecule has 1 aromatic heterocycles. The lowest BCUT2D eigenvalue weighted by atomic mass is 9.69. The zero-order chi connectivity index (χ0) is 24.6. The van der Waals surface area contributed by atoms with Crippen molar-refractivity contribution < 1.29 is 18.6 Å². The highest BCUT2D eigenvalue weighted by atomic mass is 19.3. The molecule has 5 rings (SSSR count). The Labute approximate surface area is 201 Å². The molecule has 1 N–H and O–H groups in total. The van der Waals surface area contributed by atoms with Crippen LogP contribution in [0, 0.1) is 11.3 Å². The molecule has 1 saturated carbocycles. The molecule has 184 valence electrons. The van der Waals surface area contributed by atoms with Crippen molar-refractivity contribution in [2.45, 2.75) is 103 Å². The topological polar surface area (TPSA) is 42.4 Å². The summed E-state index contributed by atoms with van der Waals surface area (Å²) in [5.74, 6) is -2.39. The first-order valence-electron chi connectivity index (χ1n) is 12.8. The fourth-order valence-electron chi connectivity index (χ4n) is 6.70. The molecular formula is C29H37F2NO2. The molecule has 0 radical (unpaired) electrons. The summed E-state index contributed by atoms with van der Waals surface area (Å²) < 4.78 is 34.8. The van der Waals surface area contributed by atoms with Crippen LogP contribution in [0.15, 0.2) is 24.3 Å². The lowest BCUT2D eigenvalue weighted by Gasteiger charge is -2.39. The molecule has 1 aromatic carbocycles. The van der Waals surface area contributed by atoms with E-state index in [1.165, 1.54) is 12.1 Å². The van der Waals surface area contributed by atoms with Gasteiger partial charge in [0.15, 0.2) is 0 Å². The van der Waals surface area contributed by atoms with E-state index < -0.39 is 17.6 Å². The lowest BCUT2D eigenvalue weighted by Crippen LogP contribution is -2.34. The minimum atomic E-state index is -2.88. The number of aliphatic hydroxyl groups excluding tert-OH is 1. The van der Waals surface area contributed by atoms with E-state index in [9.17, 15) is 13.9 Å². The number of halogens is 2. The second-order valence-electron chi connectivity index (χ2n) is 12.1. The molecule has 2 aliphatic carbocycles. The summed E-state index contributed by atoms with van der Waals surface area (Å²) in [6.45, 7) is 11.9. The van der Waals surface area contributed by atoms with Gasteiger partial charge < -0.3 is 9.84 Å². The zero-order valence-electron chi connectivity index (χ0n) is 21.2. The van der Waals surface area contributed by atoms with Crippen LogP contribution in [-0.4, -0.2) is 10.1 Å². The number of alkyl halides is 2. The van der Waals surface area contributed by atoms with Gasteiger partial charge in [0.1, 0.15) is 6.10 Å². The van der Waals surface area contributed by atoms with E-state index >= 15 is 0 Å². The molecule has 2 aromatic rings. The Kier molecular flexibility index (Phi) is 5.49. The zero-order valence-corrected chi connectivity index (χ0v) is 21.2. The van der Waals surface area contributed by atoms with Crippen molar-refractivity contribution in [1.29, 1.82) is 0 Å². The molecule has 4 unspecified atom stereocenters. The van der Waals surface area contributed by atoms with Gasteiger partial charge >= 0.3 is 0 Å². The SMILES string of the molecule is CC(C)c1nc2c(c3c1C(c1ccc(C(C)(F)F)cc1)OC31CCCC1C)C(O)CC(C)(C)C2. The van der Waals surface area contributed by atoms with E-state index in [-0.39, 0.29) is 23.0 Å². The van der Waals surface area contributed by atoms with Gasteiger partial charge in [0.25, 0.3) is 5.92 Å². The van der Waals surface area contributed by atoms with Gasteiger partial charge in [0.05, 0.1) is 11.7 Å². The van der Waals surface area contributed by atoms with E-state index in [1.807, 2.05) is 0 Å². The van der Waals surface area contributed by atoms with Crippen molar-refractivity contribution in [3.63, 3.8) is 0 Å². The van der Waals surface area contributed by atoms with Crippen LogP contribution in [0.25, 0.3) is 0 Å². The molecule has 0 saturated heterocycles. The minimum absolute atomic E-state index is 0.00345. The Balaban J connectivity index is 1.76. The molecule has 34 heavy (non-hydrogen) atoms. The van der Waals surface area contributed by atoms with Crippen molar-refractivity contribution in [2.75, 3.05) is 0 Å². The third-order valence-electron chi connectivity index (χ3n) is 8.37. The van der Waals surface area contributed by atoms with Gasteiger partial charge in [0, 0.05) is 35.0 Å². The van der Waals surface area contributed by atoms with Gasteiger partial charge in [-0.1, -0.05) is 58.9 Å². The van der Waals surface area contributed by atoms with Crippen LogP contribution >= 0.6 is 0 Å². The monoisotopic (exact) mass is 469 g/mol. The molecule has 4 atom stereocenters. The van der Waals surface area contributed by atoms with E-state index in [4.69, 9.17) is 9.72 Å². The molecular weight excluding hydrogens is 432 g/mol.